The fraction of sp³-hybridized carbons (Fsp3) is 0.474. The van der Waals surface area contributed by atoms with Gasteiger partial charge in [0, 0.05) is 48.7 Å². The molecule has 1 N–H and O–H groups in total. The molecule has 0 saturated heterocycles. The molecular weight excluding hydrogens is 300 g/mol. The van der Waals surface area contributed by atoms with Crippen molar-refractivity contribution in [2.24, 2.45) is 13.0 Å². The predicted molar refractivity (Wildman–Crippen MR) is 96.8 cm³/mol. The van der Waals surface area contributed by atoms with Crippen molar-refractivity contribution in [3.05, 3.63) is 36.4 Å². The van der Waals surface area contributed by atoms with Crippen LogP contribution in [0.25, 0.3) is 22.3 Å². The first-order valence-electron chi connectivity index (χ1n) is 8.65. The van der Waals surface area contributed by atoms with E-state index in [1.54, 1.807) is 0 Å². The molecule has 0 aliphatic heterocycles. The Hall–Kier alpha value is -2.14. The van der Waals surface area contributed by atoms with Gasteiger partial charge in [0.2, 0.25) is 11.7 Å². The van der Waals surface area contributed by atoms with Crippen LogP contribution in [-0.4, -0.2) is 27.3 Å². The first-order chi connectivity index (χ1) is 11.5. The molecule has 2 aromatic heterocycles. The second-order valence-corrected chi connectivity index (χ2v) is 6.92. The smallest absolute Gasteiger partial charge is 0.228 e. The summed E-state index contributed by atoms with van der Waals surface area (Å²) in [5.74, 6) is 2.05. The minimum absolute atomic E-state index is 0.505. The number of rotatable bonds is 7. The Kier molecular flexibility index (Phi) is 5.00. The SMILES string of the molecule is CC(C)CC(C)NCCc1nc(-c2cn(C)c3ccccc23)no1. The molecule has 1 aromatic carbocycles. The summed E-state index contributed by atoms with van der Waals surface area (Å²) in [6, 6.07) is 8.77. The Morgan fingerprint density at radius 1 is 1.21 bits per heavy atom. The Bertz CT molecular complexity index is 803. The third-order valence-electron chi connectivity index (χ3n) is 4.26. The molecule has 1 unspecified atom stereocenters. The van der Waals surface area contributed by atoms with Gasteiger partial charge in [-0.25, -0.2) is 0 Å². The average Bonchev–Trinajstić information content (AvgIpc) is 3.12. The zero-order chi connectivity index (χ0) is 17.1. The van der Waals surface area contributed by atoms with Crippen molar-refractivity contribution < 1.29 is 4.52 Å². The molecule has 5 heteroatoms. The molecule has 128 valence electrons. The van der Waals surface area contributed by atoms with Gasteiger partial charge in [0.1, 0.15) is 0 Å². The lowest BCUT2D eigenvalue weighted by Gasteiger charge is -2.14. The summed E-state index contributed by atoms with van der Waals surface area (Å²) in [7, 11) is 2.03. The van der Waals surface area contributed by atoms with Gasteiger partial charge in [-0.1, -0.05) is 37.2 Å². The van der Waals surface area contributed by atoms with E-state index in [2.05, 4.69) is 59.1 Å². The second-order valence-electron chi connectivity index (χ2n) is 6.92. The number of fused-ring (bicyclic) bond motifs is 1. The molecule has 0 amide bonds. The molecule has 3 rings (SSSR count). The number of benzene rings is 1. The minimum Gasteiger partial charge on any atom is -0.350 e. The molecule has 0 aliphatic rings. The lowest BCUT2D eigenvalue weighted by molar-refractivity contribution is 0.369. The van der Waals surface area contributed by atoms with E-state index < -0.39 is 0 Å². The van der Waals surface area contributed by atoms with E-state index in [9.17, 15) is 0 Å². The second kappa shape index (κ2) is 7.18. The highest BCUT2D eigenvalue weighted by molar-refractivity contribution is 5.94. The average molecular weight is 326 g/mol. The molecule has 3 aromatic rings. The van der Waals surface area contributed by atoms with Crippen LogP contribution in [0.3, 0.4) is 0 Å². The van der Waals surface area contributed by atoms with E-state index in [-0.39, 0.29) is 0 Å². The van der Waals surface area contributed by atoms with Crippen molar-refractivity contribution in [2.45, 2.75) is 39.7 Å². The van der Waals surface area contributed by atoms with Crippen LogP contribution < -0.4 is 5.32 Å². The van der Waals surface area contributed by atoms with Gasteiger partial charge < -0.3 is 14.4 Å². The lowest BCUT2D eigenvalue weighted by atomic mass is 10.1. The normalized spacial score (nSPS) is 13.0. The van der Waals surface area contributed by atoms with Gasteiger partial charge in [0.05, 0.1) is 0 Å². The standard InChI is InChI=1S/C19H26N4O/c1-13(2)11-14(3)20-10-9-18-21-19(22-24-18)16-12-23(4)17-8-6-5-7-15(16)17/h5-8,12-14,20H,9-11H2,1-4H3. The van der Waals surface area contributed by atoms with Crippen LogP contribution in [0.1, 0.15) is 33.1 Å². The molecule has 0 saturated carbocycles. The number of nitrogens with zero attached hydrogens (tertiary/aromatic N) is 3. The van der Waals surface area contributed by atoms with E-state index in [1.165, 1.54) is 11.9 Å². The van der Waals surface area contributed by atoms with Gasteiger partial charge in [-0.15, -0.1) is 0 Å². The number of para-hydroxylation sites is 1. The van der Waals surface area contributed by atoms with E-state index in [0.29, 0.717) is 23.7 Å². The Morgan fingerprint density at radius 2 is 2.00 bits per heavy atom. The van der Waals surface area contributed by atoms with Crippen LogP contribution >= 0.6 is 0 Å². The van der Waals surface area contributed by atoms with E-state index >= 15 is 0 Å². The Balaban J connectivity index is 1.67. The van der Waals surface area contributed by atoms with Crippen LogP contribution in [0.5, 0.6) is 0 Å². The third kappa shape index (κ3) is 3.67. The molecule has 0 spiro atoms. The largest absolute Gasteiger partial charge is 0.350 e. The first-order valence-corrected chi connectivity index (χ1v) is 8.65. The number of aromatic nitrogens is 3. The highest BCUT2D eigenvalue weighted by atomic mass is 16.5. The summed E-state index contributed by atoms with van der Waals surface area (Å²) in [5.41, 5.74) is 2.19. The van der Waals surface area contributed by atoms with Crippen molar-refractivity contribution in [1.29, 1.82) is 0 Å². The molecule has 24 heavy (non-hydrogen) atoms. The molecule has 5 nitrogen and oxygen atoms in total. The van der Waals surface area contributed by atoms with Crippen molar-refractivity contribution in [1.82, 2.24) is 20.0 Å². The van der Waals surface area contributed by atoms with Crippen LogP contribution in [0.2, 0.25) is 0 Å². The summed E-state index contributed by atoms with van der Waals surface area (Å²) in [5, 5.41) is 8.83. The monoisotopic (exact) mass is 326 g/mol. The molecule has 0 aliphatic carbocycles. The molecule has 0 bridgehead atoms. The molecule has 0 radical (unpaired) electrons. The van der Waals surface area contributed by atoms with Crippen molar-refractivity contribution in [2.75, 3.05) is 6.54 Å². The van der Waals surface area contributed by atoms with Crippen LogP contribution in [0.15, 0.2) is 35.0 Å². The highest BCUT2D eigenvalue weighted by Gasteiger charge is 2.14. The number of aryl methyl sites for hydroxylation is 1. The summed E-state index contributed by atoms with van der Waals surface area (Å²) >= 11 is 0. The van der Waals surface area contributed by atoms with Crippen LogP contribution in [0.4, 0.5) is 0 Å². The number of nitrogens with one attached hydrogen (secondary N) is 1. The Labute approximate surface area is 143 Å². The zero-order valence-corrected chi connectivity index (χ0v) is 14.9. The molecule has 2 heterocycles. The maximum Gasteiger partial charge on any atom is 0.228 e. The van der Waals surface area contributed by atoms with Crippen molar-refractivity contribution >= 4 is 10.9 Å². The van der Waals surface area contributed by atoms with Gasteiger partial charge in [-0.05, 0) is 25.3 Å². The quantitative estimate of drug-likeness (QED) is 0.717. The van der Waals surface area contributed by atoms with E-state index in [0.717, 1.165) is 23.9 Å². The maximum absolute atomic E-state index is 5.43. The lowest BCUT2D eigenvalue weighted by Crippen LogP contribution is -2.29. The molecule has 0 fully saturated rings. The maximum atomic E-state index is 5.43. The Morgan fingerprint density at radius 3 is 2.79 bits per heavy atom. The first kappa shape index (κ1) is 16.7. The van der Waals surface area contributed by atoms with Crippen LogP contribution in [-0.2, 0) is 13.5 Å². The highest BCUT2D eigenvalue weighted by Crippen LogP contribution is 2.28. The van der Waals surface area contributed by atoms with Crippen LogP contribution in [0, 0.1) is 5.92 Å². The summed E-state index contributed by atoms with van der Waals surface area (Å²) in [6.07, 6.45) is 3.98. The van der Waals surface area contributed by atoms with Gasteiger partial charge >= 0.3 is 0 Å². The number of hydrogen-bond acceptors (Lipinski definition) is 4. The van der Waals surface area contributed by atoms with E-state index in [4.69, 9.17) is 4.52 Å². The van der Waals surface area contributed by atoms with Gasteiger partial charge in [0.15, 0.2) is 0 Å². The molecule has 1 atom stereocenters. The molecular formula is C19H26N4O. The predicted octanol–water partition coefficient (Wildman–Crippen LogP) is 3.80. The van der Waals surface area contributed by atoms with Gasteiger partial charge in [-0.2, -0.15) is 4.98 Å². The fourth-order valence-corrected chi connectivity index (χ4v) is 3.20. The van der Waals surface area contributed by atoms with E-state index in [1.807, 2.05) is 19.2 Å². The zero-order valence-electron chi connectivity index (χ0n) is 14.9. The topological polar surface area (TPSA) is 55.9 Å². The fourth-order valence-electron chi connectivity index (χ4n) is 3.20. The van der Waals surface area contributed by atoms with Crippen molar-refractivity contribution in [3.63, 3.8) is 0 Å². The summed E-state index contributed by atoms with van der Waals surface area (Å²) < 4.78 is 7.52. The summed E-state index contributed by atoms with van der Waals surface area (Å²) in [6.45, 7) is 7.56. The van der Waals surface area contributed by atoms with Gasteiger partial charge in [0.25, 0.3) is 0 Å². The third-order valence-corrected chi connectivity index (χ3v) is 4.26. The summed E-state index contributed by atoms with van der Waals surface area (Å²) in [4.78, 5) is 4.57. The minimum atomic E-state index is 0.505. The van der Waals surface area contributed by atoms with Gasteiger partial charge in [-0.3, -0.25) is 0 Å². The van der Waals surface area contributed by atoms with Crippen molar-refractivity contribution in [3.8, 4) is 11.4 Å². The number of hydrogen-bond donors (Lipinski definition) is 1.